The fraction of sp³-hybridized carbons (Fsp3) is 0.240. The van der Waals surface area contributed by atoms with Gasteiger partial charge in [-0.3, -0.25) is 9.69 Å². The van der Waals surface area contributed by atoms with Crippen molar-refractivity contribution in [2.24, 2.45) is 0 Å². The predicted molar refractivity (Wildman–Crippen MR) is 127 cm³/mol. The number of thiazole rings is 1. The number of para-hydroxylation sites is 1. The average Bonchev–Trinajstić information content (AvgIpc) is 3.49. The summed E-state index contributed by atoms with van der Waals surface area (Å²) in [6.07, 6.45) is 4.01. The van der Waals surface area contributed by atoms with Crippen molar-refractivity contribution in [2.75, 3.05) is 26.2 Å². The molecule has 3 heterocycles. The summed E-state index contributed by atoms with van der Waals surface area (Å²) in [7, 11) is 0. The molecule has 0 aliphatic carbocycles. The van der Waals surface area contributed by atoms with E-state index in [9.17, 15) is 4.79 Å². The third kappa shape index (κ3) is 4.49. The number of rotatable bonds is 5. The van der Waals surface area contributed by atoms with Crippen LogP contribution in [0.3, 0.4) is 0 Å². The van der Waals surface area contributed by atoms with Crippen molar-refractivity contribution in [2.45, 2.75) is 13.5 Å². The molecule has 5 rings (SSSR count). The number of amides is 1. The molecule has 4 aromatic rings. The lowest BCUT2D eigenvalue weighted by molar-refractivity contribution is 0.0628. The van der Waals surface area contributed by atoms with Crippen LogP contribution >= 0.6 is 11.3 Å². The molecule has 162 valence electrons. The van der Waals surface area contributed by atoms with Gasteiger partial charge in [-0.1, -0.05) is 30.3 Å². The second-order valence-corrected chi connectivity index (χ2v) is 8.93. The van der Waals surface area contributed by atoms with E-state index in [1.54, 1.807) is 11.3 Å². The average molecular weight is 444 g/mol. The first-order chi connectivity index (χ1) is 15.7. The van der Waals surface area contributed by atoms with E-state index >= 15 is 0 Å². The number of hydrogen-bond donors (Lipinski definition) is 0. The van der Waals surface area contributed by atoms with Crippen molar-refractivity contribution in [1.29, 1.82) is 0 Å². The van der Waals surface area contributed by atoms with Crippen molar-refractivity contribution >= 4 is 17.2 Å². The van der Waals surface area contributed by atoms with E-state index in [0.29, 0.717) is 0 Å². The molecular formula is C25H25N5OS. The molecule has 1 saturated heterocycles. The molecule has 0 unspecified atom stereocenters. The standard InChI is InChI=1S/C25H25N5OS/c1-19-18-32-24(27-19)21-7-9-22(10-8-21)25(31)29-13-11-28(12-14-29)16-20-15-26-30(17-20)23-5-3-2-4-6-23/h2-10,15,17-18H,11-14,16H2,1H3. The Hall–Kier alpha value is -3.29. The lowest BCUT2D eigenvalue weighted by Crippen LogP contribution is -2.48. The Morgan fingerprint density at radius 2 is 1.75 bits per heavy atom. The monoisotopic (exact) mass is 443 g/mol. The molecule has 32 heavy (non-hydrogen) atoms. The van der Waals surface area contributed by atoms with Crippen molar-refractivity contribution < 1.29 is 4.79 Å². The summed E-state index contributed by atoms with van der Waals surface area (Å²) >= 11 is 1.63. The van der Waals surface area contributed by atoms with Crippen LogP contribution in [-0.4, -0.2) is 56.7 Å². The lowest BCUT2D eigenvalue weighted by Gasteiger charge is -2.34. The van der Waals surface area contributed by atoms with E-state index in [4.69, 9.17) is 0 Å². The minimum Gasteiger partial charge on any atom is -0.336 e. The maximum Gasteiger partial charge on any atom is 0.253 e. The fourth-order valence-electron chi connectivity index (χ4n) is 3.96. The first-order valence-corrected chi connectivity index (χ1v) is 11.7. The molecule has 0 spiro atoms. The van der Waals surface area contributed by atoms with Gasteiger partial charge in [0.2, 0.25) is 0 Å². The molecule has 1 aliphatic rings. The topological polar surface area (TPSA) is 54.3 Å². The van der Waals surface area contributed by atoms with Gasteiger partial charge in [0.15, 0.2) is 0 Å². The van der Waals surface area contributed by atoms with Crippen LogP contribution < -0.4 is 0 Å². The predicted octanol–water partition coefficient (Wildman–Crippen LogP) is 4.26. The van der Waals surface area contributed by atoms with Crippen molar-refractivity contribution in [3.05, 3.63) is 89.2 Å². The summed E-state index contributed by atoms with van der Waals surface area (Å²) in [5.74, 6) is 0.100. The van der Waals surface area contributed by atoms with Crippen molar-refractivity contribution in [1.82, 2.24) is 24.6 Å². The lowest BCUT2D eigenvalue weighted by atomic mass is 10.1. The molecule has 7 heteroatoms. The number of nitrogens with zero attached hydrogens (tertiary/aromatic N) is 5. The van der Waals surface area contributed by atoms with Crippen molar-refractivity contribution in [3.63, 3.8) is 0 Å². The Morgan fingerprint density at radius 3 is 2.44 bits per heavy atom. The van der Waals surface area contributed by atoms with Gasteiger partial charge in [0.05, 0.1) is 11.9 Å². The summed E-state index contributed by atoms with van der Waals surface area (Å²) in [6.45, 7) is 6.03. The van der Waals surface area contributed by atoms with Crippen LogP contribution in [0.5, 0.6) is 0 Å². The smallest absolute Gasteiger partial charge is 0.253 e. The Kier molecular flexibility index (Phi) is 5.83. The SMILES string of the molecule is Cc1csc(-c2ccc(C(=O)N3CCN(Cc4cnn(-c5ccccc5)c4)CC3)cc2)n1. The zero-order chi connectivity index (χ0) is 21.9. The summed E-state index contributed by atoms with van der Waals surface area (Å²) in [5.41, 5.74) is 5.06. The fourth-order valence-corrected chi connectivity index (χ4v) is 4.76. The third-order valence-electron chi connectivity index (χ3n) is 5.72. The summed E-state index contributed by atoms with van der Waals surface area (Å²) in [6, 6.07) is 17.9. The molecule has 2 aromatic carbocycles. The van der Waals surface area contributed by atoms with E-state index in [0.717, 1.165) is 60.2 Å². The Labute approximate surface area is 191 Å². The van der Waals surface area contributed by atoms with Gasteiger partial charge in [-0.05, 0) is 31.2 Å². The normalized spacial score (nSPS) is 14.6. The molecule has 0 bridgehead atoms. The molecule has 1 aliphatic heterocycles. The maximum absolute atomic E-state index is 13.0. The van der Waals surface area contributed by atoms with Gasteiger partial charge < -0.3 is 4.90 Å². The molecule has 0 N–H and O–H groups in total. The zero-order valence-corrected chi connectivity index (χ0v) is 18.8. The highest BCUT2D eigenvalue weighted by atomic mass is 32.1. The molecule has 0 radical (unpaired) electrons. The summed E-state index contributed by atoms with van der Waals surface area (Å²) in [5, 5.41) is 7.52. The molecule has 6 nitrogen and oxygen atoms in total. The molecule has 1 fully saturated rings. The Morgan fingerprint density at radius 1 is 1.00 bits per heavy atom. The number of carbonyl (C=O) groups excluding carboxylic acids is 1. The number of piperazine rings is 1. The minimum absolute atomic E-state index is 0.100. The molecule has 0 atom stereocenters. The quantitative estimate of drug-likeness (QED) is 0.462. The van der Waals surface area contributed by atoms with Gasteiger partial charge in [0.25, 0.3) is 5.91 Å². The van der Waals surface area contributed by atoms with Crippen LogP contribution in [0.15, 0.2) is 72.4 Å². The van der Waals surface area contributed by atoms with Gasteiger partial charge in [-0.25, -0.2) is 9.67 Å². The van der Waals surface area contributed by atoms with E-state index < -0.39 is 0 Å². The van der Waals surface area contributed by atoms with Gasteiger partial charge in [0, 0.05) is 66.7 Å². The van der Waals surface area contributed by atoms with Crippen molar-refractivity contribution in [3.8, 4) is 16.3 Å². The largest absolute Gasteiger partial charge is 0.336 e. The van der Waals surface area contributed by atoms with Gasteiger partial charge in [0.1, 0.15) is 5.01 Å². The van der Waals surface area contributed by atoms with Crippen LogP contribution in [0.2, 0.25) is 0 Å². The summed E-state index contributed by atoms with van der Waals surface area (Å²) in [4.78, 5) is 21.8. The molecular weight excluding hydrogens is 418 g/mol. The maximum atomic E-state index is 13.0. The second-order valence-electron chi connectivity index (χ2n) is 8.07. The number of aryl methyl sites for hydroxylation is 1. The zero-order valence-electron chi connectivity index (χ0n) is 18.0. The third-order valence-corrected chi connectivity index (χ3v) is 6.73. The highest BCUT2D eigenvalue weighted by molar-refractivity contribution is 7.13. The van der Waals surface area contributed by atoms with Gasteiger partial charge >= 0.3 is 0 Å². The second kappa shape index (κ2) is 9.06. The van der Waals surface area contributed by atoms with E-state index in [2.05, 4.69) is 21.2 Å². The van der Waals surface area contributed by atoms with Crippen LogP contribution in [0.4, 0.5) is 0 Å². The first-order valence-electron chi connectivity index (χ1n) is 10.8. The highest BCUT2D eigenvalue weighted by Crippen LogP contribution is 2.24. The summed E-state index contributed by atoms with van der Waals surface area (Å²) < 4.78 is 1.91. The Balaban J connectivity index is 1.16. The Bertz CT molecular complexity index is 1190. The van der Waals surface area contributed by atoms with E-state index in [1.807, 2.05) is 82.7 Å². The highest BCUT2D eigenvalue weighted by Gasteiger charge is 2.22. The number of carbonyl (C=O) groups is 1. The molecule has 0 saturated carbocycles. The van der Waals surface area contributed by atoms with E-state index in [1.165, 1.54) is 5.56 Å². The van der Waals surface area contributed by atoms with Crippen LogP contribution in [-0.2, 0) is 6.54 Å². The number of benzene rings is 2. The number of hydrogen-bond acceptors (Lipinski definition) is 5. The van der Waals surface area contributed by atoms with E-state index in [-0.39, 0.29) is 5.91 Å². The molecule has 1 amide bonds. The number of aromatic nitrogens is 3. The first kappa shape index (κ1) is 20.6. The van der Waals surface area contributed by atoms with Gasteiger partial charge in [-0.15, -0.1) is 11.3 Å². The van der Waals surface area contributed by atoms with Gasteiger partial charge in [-0.2, -0.15) is 5.10 Å². The van der Waals surface area contributed by atoms with Crippen LogP contribution in [0, 0.1) is 6.92 Å². The van der Waals surface area contributed by atoms with Crippen LogP contribution in [0.25, 0.3) is 16.3 Å². The minimum atomic E-state index is 0.100. The molecule has 2 aromatic heterocycles. The van der Waals surface area contributed by atoms with Crippen LogP contribution in [0.1, 0.15) is 21.6 Å².